The number of rotatable bonds is 2. The Balaban J connectivity index is 3.18. The third kappa shape index (κ3) is 2.03. The van der Waals surface area contributed by atoms with E-state index in [9.17, 15) is 5.11 Å². The molecule has 0 aromatic heterocycles. The standard InChI is InChI=1S/C12H18O/c1-8(2)10-6-5-7-11(9(3)4)12(10)13/h5-9,13H,1-4H3/p-1. The quantitative estimate of drug-likeness (QED) is 0.681. The van der Waals surface area contributed by atoms with Gasteiger partial charge in [0.1, 0.15) is 0 Å². The van der Waals surface area contributed by atoms with Crippen LogP contribution in [-0.4, -0.2) is 0 Å². The molecule has 0 fully saturated rings. The minimum atomic E-state index is 0.229. The molecule has 1 aromatic carbocycles. The van der Waals surface area contributed by atoms with Crippen LogP contribution < -0.4 is 5.11 Å². The summed E-state index contributed by atoms with van der Waals surface area (Å²) in [6, 6.07) is 5.84. The zero-order valence-corrected chi connectivity index (χ0v) is 8.79. The molecule has 0 N–H and O–H groups in total. The summed E-state index contributed by atoms with van der Waals surface area (Å²) in [5.74, 6) is 0.880. The lowest BCUT2D eigenvalue weighted by Crippen LogP contribution is -2.04. The lowest BCUT2D eigenvalue weighted by atomic mass is 9.94. The monoisotopic (exact) mass is 177 g/mol. The zero-order chi connectivity index (χ0) is 10.0. The summed E-state index contributed by atoms with van der Waals surface area (Å²) in [5.41, 5.74) is 1.87. The van der Waals surface area contributed by atoms with Gasteiger partial charge in [-0.25, -0.2) is 0 Å². The molecule has 0 amide bonds. The highest BCUT2D eigenvalue weighted by atomic mass is 16.3. The van der Waals surface area contributed by atoms with Crippen LogP contribution in [0.5, 0.6) is 5.75 Å². The summed E-state index contributed by atoms with van der Waals surface area (Å²) in [4.78, 5) is 0. The molecule has 0 saturated carbocycles. The van der Waals surface area contributed by atoms with E-state index in [4.69, 9.17) is 0 Å². The molecule has 0 radical (unpaired) electrons. The highest BCUT2D eigenvalue weighted by Gasteiger charge is 2.05. The SMILES string of the molecule is CC(C)c1cccc(C(C)C)c1[O-]. The van der Waals surface area contributed by atoms with Crippen molar-refractivity contribution in [2.24, 2.45) is 0 Å². The molecule has 0 spiro atoms. The number of hydrogen-bond donors (Lipinski definition) is 0. The van der Waals surface area contributed by atoms with Crippen LogP contribution in [0.4, 0.5) is 0 Å². The highest BCUT2D eigenvalue weighted by Crippen LogP contribution is 2.30. The van der Waals surface area contributed by atoms with Crippen LogP contribution in [0.3, 0.4) is 0 Å². The Labute approximate surface area is 80.4 Å². The van der Waals surface area contributed by atoms with Crippen molar-refractivity contribution in [3.63, 3.8) is 0 Å². The van der Waals surface area contributed by atoms with Gasteiger partial charge < -0.3 is 5.11 Å². The number of hydrogen-bond acceptors (Lipinski definition) is 1. The van der Waals surface area contributed by atoms with Gasteiger partial charge in [0.25, 0.3) is 0 Å². The molecule has 0 saturated heterocycles. The van der Waals surface area contributed by atoms with E-state index in [1.807, 2.05) is 18.2 Å². The summed E-state index contributed by atoms with van der Waals surface area (Å²) in [5, 5.41) is 11.9. The van der Waals surface area contributed by atoms with Crippen LogP contribution in [0.2, 0.25) is 0 Å². The van der Waals surface area contributed by atoms with Gasteiger partial charge in [0.15, 0.2) is 0 Å². The van der Waals surface area contributed by atoms with Crippen molar-refractivity contribution < 1.29 is 5.11 Å². The van der Waals surface area contributed by atoms with E-state index >= 15 is 0 Å². The second-order valence-electron chi connectivity index (χ2n) is 4.07. The maximum Gasteiger partial charge on any atom is -0.0225 e. The van der Waals surface area contributed by atoms with Crippen molar-refractivity contribution in [2.75, 3.05) is 0 Å². The van der Waals surface area contributed by atoms with Crippen LogP contribution in [0.25, 0.3) is 0 Å². The van der Waals surface area contributed by atoms with E-state index in [2.05, 4.69) is 27.7 Å². The van der Waals surface area contributed by atoms with Gasteiger partial charge in [0.05, 0.1) is 0 Å². The summed E-state index contributed by atoms with van der Waals surface area (Å²) in [6.07, 6.45) is 0. The van der Waals surface area contributed by atoms with Gasteiger partial charge in [-0.15, -0.1) is 5.75 Å². The van der Waals surface area contributed by atoms with Gasteiger partial charge in [-0.1, -0.05) is 57.0 Å². The molecule has 72 valence electrons. The second kappa shape index (κ2) is 3.82. The number of para-hydroxylation sites is 1. The molecule has 0 atom stereocenters. The van der Waals surface area contributed by atoms with Crippen molar-refractivity contribution in [1.82, 2.24) is 0 Å². The Bertz CT molecular complexity index is 261. The molecule has 0 heterocycles. The zero-order valence-electron chi connectivity index (χ0n) is 8.79. The normalized spacial score (nSPS) is 11.2. The first-order valence-electron chi connectivity index (χ1n) is 4.83. The molecule has 1 rings (SSSR count). The maximum atomic E-state index is 11.9. The van der Waals surface area contributed by atoms with Gasteiger partial charge in [0, 0.05) is 0 Å². The fourth-order valence-electron chi connectivity index (χ4n) is 1.48. The summed E-state index contributed by atoms with van der Waals surface area (Å²) in [7, 11) is 0. The van der Waals surface area contributed by atoms with Crippen molar-refractivity contribution in [3.05, 3.63) is 29.3 Å². The first-order valence-corrected chi connectivity index (χ1v) is 4.83. The Morgan fingerprint density at radius 1 is 0.923 bits per heavy atom. The Morgan fingerprint density at radius 2 is 1.31 bits per heavy atom. The fraction of sp³-hybridized carbons (Fsp3) is 0.500. The first kappa shape index (κ1) is 10.1. The smallest absolute Gasteiger partial charge is 0.0225 e. The minimum Gasteiger partial charge on any atom is -0.872 e. The van der Waals surface area contributed by atoms with E-state index in [1.54, 1.807) is 0 Å². The summed E-state index contributed by atoms with van der Waals surface area (Å²) >= 11 is 0. The van der Waals surface area contributed by atoms with Crippen molar-refractivity contribution in [2.45, 2.75) is 39.5 Å². The summed E-state index contributed by atoms with van der Waals surface area (Å²) in [6.45, 7) is 8.23. The Kier molecular flexibility index (Phi) is 2.97. The molecule has 13 heavy (non-hydrogen) atoms. The van der Waals surface area contributed by atoms with Crippen LogP contribution in [0.15, 0.2) is 18.2 Å². The predicted octanol–water partition coefficient (Wildman–Crippen LogP) is 3.01. The van der Waals surface area contributed by atoms with Crippen LogP contribution in [0.1, 0.15) is 50.7 Å². The lowest BCUT2D eigenvalue weighted by Gasteiger charge is -2.22. The van der Waals surface area contributed by atoms with Gasteiger partial charge in [0.2, 0.25) is 0 Å². The molecular formula is C12H17O-. The van der Waals surface area contributed by atoms with Crippen LogP contribution in [-0.2, 0) is 0 Å². The molecule has 1 heteroatoms. The Hall–Kier alpha value is -0.980. The average molecular weight is 177 g/mol. The highest BCUT2D eigenvalue weighted by molar-refractivity contribution is 5.42. The van der Waals surface area contributed by atoms with E-state index in [-0.39, 0.29) is 5.75 Å². The first-order chi connectivity index (χ1) is 6.04. The molecule has 0 aliphatic heterocycles. The number of benzene rings is 1. The fourth-order valence-corrected chi connectivity index (χ4v) is 1.48. The van der Waals surface area contributed by atoms with Crippen LogP contribution in [0, 0.1) is 0 Å². The van der Waals surface area contributed by atoms with E-state index in [0.717, 1.165) is 11.1 Å². The molecule has 0 unspecified atom stereocenters. The van der Waals surface area contributed by atoms with Gasteiger partial charge in [-0.2, -0.15) is 0 Å². The molecule has 0 bridgehead atoms. The molecule has 1 aromatic rings. The van der Waals surface area contributed by atoms with Gasteiger partial charge >= 0.3 is 0 Å². The summed E-state index contributed by atoms with van der Waals surface area (Å²) < 4.78 is 0. The van der Waals surface area contributed by atoms with Crippen molar-refractivity contribution >= 4 is 0 Å². The maximum absolute atomic E-state index is 11.9. The topological polar surface area (TPSA) is 23.1 Å². The van der Waals surface area contributed by atoms with E-state index < -0.39 is 0 Å². The molecule has 0 aliphatic carbocycles. The molecule has 0 aliphatic rings. The minimum absolute atomic E-state index is 0.229. The third-order valence-corrected chi connectivity index (χ3v) is 2.32. The predicted molar refractivity (Wildman–Crippen MR) is 54.1 cm³/mol. The van der Waals surface area contributed by atoms with E-state index in [0.29, 0.717) is 11.8 Å². The second-order valence-corrected chi connectivity index (χ2v) is 4.07. The Morgan fingerprint density at radius 3 is 1.62 bits per heavy atom. The van der Waals surface area contributed by atoms with Crippen LogP contribution >= 0.6 is 0 Å². The molecular weight excluding hydrogens is 160 g/mol. The lowest BCUT2D eigenvalue weighted by molar-refractivity contribution is -0.270. The average Bonchev–Trinajstić information content (AvgIpc) is 2.03. The third-order valence-electron chi connectivity index (χ3n) is 2.32. The largest absolute Gasteiger partial charge is 0.872 e. The molecule has 1 nitrogen and oxygen atoms in total. The van der Waals surface area contributed by atoms with E-state index in [1.165, 1.54) is 0 Å². The van der Waals surface area contributed by atoms with Crippen molar-refractivity contribution in [1.29, 1.82) is 0 Å². The van der Waals surface area contributed by atoms with Crippen molar-refractivity contribution in [3.8, 4) is 5.75 Å². The van der Waals surface area contributed by atoms with Gasteiger partial charge in [-0.3, -0.25) is 0 Å². The van der Waals surface area contributed by atoms with Gasteiger partial charge in [-0.05, 0) is 11.8 Å².